The van der Waals surface area contributed by atoms with Crippen LogP contribution in [0.2, 0.25) is 0 Å². The molecule has 64 heavy (non-hydrogen) atoms. The van der Waals surface area contributed by atoms with Crippen LogP contribution in [-0.4, -0.2) is 28.2 Å². The summed E-state index contributed by atoms with van der Waals surface area (Å²) >= 11 is 0.183. The van der Waals surface area contributed by atoms with Crippen LogP contribution in [0.25, 0.3) is 124 Å². The number of hydrogen-bond donors (Lipinski definition) is 0. The van der Waals surface area contributed by atoms with Crippen molar-refractivity contribution in [3.05, 3.63) is 224 Å². The summed E-state index contributed by atoms with van der Waals surface area (Å²) in [6.45, 7) is 0. The molecule has 0 spiro atoms. The summed E-state index contributed by atoms with van der Waals surface area (Å²) in [6, 6.07) is 83.0. The van der Waals surface area contributed by atoms with E-state index >= 15 is 0 Å². The van der Waals surface area contributed by atoms with E-state index in [2.05, 4.69) is 238 Å². The van der Waals surface area contributed by atoms with E-state index in [0.29, 0.717) is 0 Å². The van der Waals surface area contributed by atoms with E-state index in [-0.39, 0.29) is 14.5 Å². The molecule has 0 saturated carbocycles. The van der Waals surface area contributed by atoms with E-state index in [1.807, 2.05) is 0 Å². The van der Waals surface area contributed by atoms with E-state index in [0.717, 1.165) is 11.4 Å². The van der Waals surface area contributed by atoms with Crippen LogP contribution in [0.5, 0.6) is 0 Å². The SMILES string of the molecule is c1ccc(-c2ccccc2-c2ccc3c(c2)[se]c2cccc(-n4c5ccccc5c5cc(-n6c7ccccc7c7cc(-n8c9ccccc9c9ccccc98)ccc76)ccc54)c23)cc1. The first kappa shape index (κ1) is 35.7. The molecule has 3 nitrogen and oxygen atoms in total. The predicted molar refractivity (Wildman–Crippen MR) is 272 cm³/mol. The Morgan fingerprint density at radius 2 is 0.734 bits per heavy atom. The van der Waals surface area contributed by atoms with Crippen molar-refractivity contribution >= 4 is 99.2 Å². The molecule has 298 valence electrons. The minimum atomic E-state index is 0.183. The summed E-state index contributed by atoms with van der Waals surface area (Å²) in [6.07, 6.45) is 0. The molecule has 10 aromatic carbocycles. The van der Waals surface area contributed by atoms with Crippen molar-refractivity contribution in [2.24, 2.45) is 0 Å². The van der Waals surface area contributed by atoms with Gasteiger partial charge in [0.25, 0.3) is 0 Å². The molecule has 0 aliphatic rings. The first-order valence-corrected chi connectivity index (χ1v) is 23.6. The van der Waals surface area contributed by atoms with Crippen LogP contribution >= 0.6 is 0 Å². The molecule has 14 aromatic rings. The van der Waals surface area contributed by atoms with Crippen molar-refractivity contribution < 1.29 is 0 Å². The monoisotopic (exact) mass is 879 g/mol. The molecule has 0 radical (unpaired) electrons. The number of aromatic nitrogens is 3. The zero-order valence-corrected chi connectivity index (χ0v) is 36.3. The molecule has 0 unspecified atom stereocenters. The predicted octanol–water partition coefficient (Wildman–Crippen LogP) is 15.7. The Hall–Kier alpha value is -7.88. The maximum atomic E-state index is 2.51. The molecule has 0 aliphatic heterocycles. The van der Waals surface area contributed by atoms with Crippen molar-refractivity contribution in [1.82, 2.24) is 13.7 Å². The van der Waals surface area contributed by atoms with Gasteiger partial charge in [-0.1, -0.05) is 42.5 Å². The molecule has 4 heteroatoms. The fourth-order valence-corrected chi connectivity index (χ4v) is 13.2. The first-order valence-electron chi connectivity index (χ1n) is 21.9. The number of fused-ring (bicyclic) bond motifs is 12. The van der Waals surface area contributed by atoms with Gasteiger partial charge in [-0.15, -0.1) is 0 Å². The van der Waals surface area contributed by atoms with Crippen molar-refractivity contribution in [3.63, 3.8) is 0 Å². The van der Waals surface area contributed by atoms with Crippen LogP contribution < -0.4 is 0 Å². The van der Waals surface area contributed by atoms with Gasteiger partial charge in [-0.25, -0.2) is 0 Å². The number of rotatable bonds is 5. The summed E-state index contributed by atoms with van der Waals surface area (Å²) in [5.74, 6) is 0. The molecule has 0 fully saturated rings. The molecule has 4 aromatic heterocycles. The van der Waals surface area contributed by atoms with Gasteiger partial charge < -0.3 is 4.57 Å². The van der Waals surface area contributed by atoms with Crippen LogP contribution in [0.4, 0.5) is 0 Å². The Bertz CT molecular complexity index is 4140. The fraction of sp³-hybridized carbons (Fsp3) is 0. The average molecular weight is 879 g/mol. The number of benzene rings is 10. The molecular formula is C60H37N3Se. The second-order valence-corrected chi connectivity index (χ2v) is 19.1. The summed E-state index contributed by atoms with van der Waals surface area (Å²) in [5.41, 5.74) is 15.9. The van der Waals surface area contributed by atoms with Crippen molar-refractivity contribution in [2.45, 2.75) is 0 Å². The van der Waals surface area contributed by atoms with E-state index in [1.165, 1.54) is 113 Å². The number of para-hydroxylation sites is 4. The van der Waals surface area contributed by atoms with Gasteiger partial charge in [-0.3, -0.25) is 0 Å². The third-order valence-electron chi connectivity index (χ3n) is 13.4. The summed E-state index contributed by atoms with van der Waals surface area (Å²) in [5, 5.41) is 10.2. The second kappa shape index (κ2) is 13.8. The van der Waals surface area contributed by atoms with E-state index in [1.54, 1.807) is 0 Å². The van der Waals surface area contributed by atoms with Gasteiger partial charge in [-0.05, 0) is 12.1 Å². The third-order valence-corrected chi connectivity index (χ3v) is 15.8. The quantitative estimate of drug-likeness (QED) is 0.153. The Balaban J connectivity index is 0.941. The topological polar surface area (TPSA) is 14.8 Å². The first-order chi connectivity index (χ1) is 31.8. The zero-order chi connectivity index (χ0) is 41.9. The van der Waals surface area contributed by atoms with Crippen molar-refractivity contribution in [3.8, 4) is 39.3 Å². The number of nitrogens with zero attached hydrogens (tertiary/aromatic N) is 3. The average Bonchev–Trinajstić information content (AvgIpc) is 4.10. The summed E-state index contributed by atoms with van der Waals surface area (Å²) < 4.78 is 10.3. The second-order valence-electron chi connectivity index (χ2n) is 16.9. The van der Waals surface area contributed by atoms with E-state index in [4.69, 9.17) is 0 Å². The van der Waals surface area contributed by atoms with Gasteiger partial charge in [0, 0.05) is 16.5 Å². The van der Waals surface area contributed by atoms with Gasteiger partial charge in [0.1, 0.15) is 0 Å². The molecule has 0 saturated heterocycles. The van der Waals surface area contributed by atoms with Crippen LogP contribution in [0, 0.1) is 0 Å². The zero-order valence-electron chi connectivity index (χ0n) is 34.6. The molecule has 0 N–H and O–H groups in total. The number of hydrogen-bond acceptors (Lipinski definition) is 0. The van der Waals surface area contributed by atoms with Crippen LogP contribution in [0.15, 0.2) is 224 Å². The van der Waals surface area contributed by atoms with Crippen molar-refractivity contribution in [1.29, 1.82) is 0 Å². The van der Waals surface area contributed by atoms with Gasteiger partial charge in [0.15, 0.2) is 0 Å². The van der Waals surface area contributed by atoms with Crippen LogP contribution in [0.3, 0.4) is 0 Å². The molecule has 14 rings (SSSR count). The molecule has 4 heterocycles. The van der Waals surface area contributed by atoms with Gasteiger partial charge in [0.2, 0.25) is 0 Å². The summed E-state index contributed by atoms with van der Waals surface area (Å²) in [7, 11) is 0. The molecule has 0 aliphatic carbocycles. The molecule has 0 amide bonds. The Morgan fingerprint density at radius 3 is 1.33 bits per heavy atom. The fourth-order valence-electron chi connectivity index (χ4n) is 10.7. The standard InChI is InChI=1S/C60H37N3Se/c1-2-15-38(16-3-1)42-17-4-5-18-43(42)39-29-32-48-59(35-39)64-58-28-14-27-57(60(48)58)63-54-26-13-9-22-47(54)50-37-41(31-34-56(50)63)62-53-25-12-8-21-46(53)49-36-40(30-33-55(49)62)61-51-23-10-6-19-44(51)45-20-7-11-24-52(45)61/h1-37H. The Kier molecular flexibility index (Phi) is 7.70. The third kappa shape index (κ3) is 5.15. The van der Waals surface area contributed by atoms with Crippen LogP contribution in [0.1, 0.15) is 0 Å². The minimum absolute atomic E-state index is 0.183. The van der Waals surface area contributed by atoms with Gasteiger partial charge in [-0.2, -0.15) is 0 Å². The van der Waals surface area contributed by atoms with E-state index < -0.39 is 0 Å². The maximum absolute atomic E-state index is 2.51. The Labute approximate surface area is 374 Å². The summed E-state index contributed by atoms with van der Waals surface area (Å²) in [4.78, 5) is 0. The van der Waals surface area contributed by atoms with Gasteiger partial charge in [0.05, 0.1) is 11.0 Å². The van der Waals surface area contributed by atoms with E-state index in [9.17, 15) is 0 Å². The normalized spacial score (nSPS) is 12.1. The molecular weight excluding hydrogens is 842 g/mol. The van der Waals surface area contributed by atoms with Crippen molar-refractivity contribution in [2.75, 3.05) is 0 Å². The van der Waals surface area contributed by atoms with Crippen LogP contribution in [-0.2, 0) is 0 Å². The van der Waals surface area contributed by atoms with Gasteiger partial charge >= 0.3 is 290 Å². The Morgan fingerprint density at radius 1 is 0.266 bits per heavy atom. The molecule has 0 atom stereocenters. The molecule has 0 bridgehead atoms.